The third kappa shape index (κ3) is 5.11. The van der Waals surface area contributed by atoms with E-state index in [0.717, 1.165) is 0 Å². The van der Waals surface area contributed by atoms with E-state index in [0.29, 0.717) is 28.1 Å². The van der Waals surface area contributed by atoms with Gasteiger partial charge in [-0.25, -0.2) is 4.79 Å². The van der Waals surface area contributed by atoms with E-state index in [9.17, 15) is 9.59 Å². The molecule has 0 saturated carbocycles. The highest BCUT2D eigenvalue weighted by Gasteiger charge is 2.22. The Hall–Kier alpha value is -2.24. The van der Waals surface area contributed by atoms with Crippen molar-refractivity contribution >= 4 is 40.8 Å². The molecule has 0 bridgehead atoms. The van der Waals surface area contributed by atoms with E-state index in [2.05, 4.69) is 5.32 Å². The lowest BCUT2D eigenvalue weighted by Gasteiger charge is -2.15. The third-order valence-electron chi connectivity index (χ3n) is 3.25. The largest absolute Gasteiger partial charge is 0.493 e. The zero-order valence-corrected chi connectivity index (χ0v) is 15.2. The molecule has 0 aliphatic heterocycles. The topological polar surface area (TPSA) is 64.6 Å². The molecule has 0 spiro atoms. The van der Waals surface area contributed by atoms with Crippen LogP contribution in [-0.4, -0.2) is 24.6 Å². The average molecular weight is 382 g/mol. The van der Waals surface area contributed by atoms with E-state index in [4.69, 9.17) is 32.7 Å². The van der Waals surface area contributed by atoms with Gasteiger partial charge < -0.3 is 14.8 Å². The smallest absolute Gasteiger partial charge is 0.342 e. The van der Waals surface area contributed by atoms with E-state index in [-0.39, 0.29) is 5.56 Å². The van der Waals surface area contributed by atoms with Crippen molar-refractivity contribution < 1.29 is 19.1 Å². The van der Waals surface area contributed by atoms with Crippen LogP contribution in [0.2, 0.25) is 10.0 Å². The molecule has 0 fully saturated rings. The number of rotatable bonds is 6. The van der Waals surface area contributed by atoms with Gasteiger partial charge in [-0.15, -0.1) is 0 Å². The zero-order valence-electron chi connectivity index (χ0n) is 13.7. The summed E-state index contributed by atoms with van der Waals surface area (Å²) in [6, 6.07) is 11.4. The van der Waals surface area contributed by atoms with E-state index in [1.807, 2.05) is 6.92 Å². The third-order valence-corrected chi connectivity index (χ3v) is 3.81. The molecule has 0 unspecified atom stereocenters. The monoisotopic (exact) mass is 381 g/mol. The molecule has 0 radical (unpaired) electrons. The molecular formula is C18H17Cl2NO4. The van der Waals surface area contributed by atoms with Crippen molar-refractivity contribution in [1.82, 2.24) is 0 Å². The number of para-hydroxylation sites is 1. The second-order valence-corrected chi connectivity index (χ2v) is 5.93. The van der Waals surface area contributed by atoms with Crippen molar-refractivity contribution in [2.75, 3.05) is 11.9 Å². The van der Waals surface area contributed by atoms with Crippen LogP contribution in [0, 0.1) is 0 Å². The van der Waals surface area contributed by atoms with Gasteiger partial charge in [0.2, 0.25) is 0 Å². The molecule has 5 nitrogen and oxygen atoms in total. The molecule has 2 aromatic carbocycles. The van der Waals surface area contributed by atoms with Crippen LogP contribution in [0.5, 0.6) is 5.75 Å². The summed E-state index contributed by atoms with van der Waals surface area (Å²) in [5, 5.41) is 3.34. The van der Waals surface area contributed by atoms with Gasteiger partial charge in [0, 0.05) is 5.02 Å². The van der Waals surface area contributed by atoms with Gasteiger partial charge in [0.05, 0.1) is 17.3 Å². The minimum Gasteiger partial charge on any atom is -0.493 e. The van der Waals surface area contributed by atoms with E-state index >= 15 is 0 Å². The number of ether oxygens (including phenoxy) is 2. The number of hydrogen-bond acceptors (Lipinski definition) is 4. The maximum Gasteiger partial charge on any atom is 0.342 e. The average Bonchev–Trinajstić information content (AvgIpc) is 2.58. The first-order valence-corrected chi connectivity index (χ1v) is 8.36. The summed E-state index contributed by atoms with van der Waals surface area (Å²) >= 11 is 11.9. The standard InChI is InChI=1S/C18H17Cl2NO4/c1-3-24-16-7-5-4-6-13(16)18(23)25-11(2)17(22)21-15-10-12(19)8-9-14(15)20/h4-11H,3H2,1-2H3,(H,21,22)/t11-/m1/s1. The molecule has 2 rings (SSSR count). The molecule has 0 aromatic heterocycles. The molecule has 132 valence electrons. The van der Waals surface area contributed by atoms with Crippen molar-refractivity contribution in [2.45, 2.75) is 20.0 Å². The fourth-order valence-electron chi connectivity index (χ4n) is 2.02. The summed E-state index contributed by atoms with van der Waals surface area (Å²) in [6.45, 7) is 3.69. The van der Waals surface area contributed by atoms with Gasteiger partial charge in [-0.3, -0.25) is 4.79 Å². The second-order valence-electron chi connectivity index (χ2n) is 5.09. The Balaban J connectivity index is 2.06. The fraction of sp³-hybridized carbons (Fsp3) is 0.222. The second kappa shape index (κ2) is 8.74. The number of amides is 1. The lowest BCUT2D eigenvalue weighted by Crippen LogP contribution is -2.30. The van der Waals surface area contributed by atoms with Gasteiger partial charge in [-0.1, -0.05) is 35.3 Å². The Labute approximate surface area is 155 Å². The highest BCUT2D eigenvalue weighted by molar-refractivity contribution is 6.35. The molecule has 25 heavy (non-hydrogen) atoms. The van der Waals surface area contributed by atoms with Gasteiger partial charge >= 0.3 is 5.97 Å². The summed E-state index contributed by atoms with van der Waals surface area (Å²) in [4.78, 5) is 24.5. The molecule has 2 aromatic rings. The van der Waals surface area contributed by atoms with Crippen molar-refractivity contribution in [1.29, 1.82) is 0 Å². The van der Waals surface area contributed by atoms with Crippen LogP contribution in [0.3, 0.4) is 0 Å². The Morgan fingerprint density at radius 2 is 1.88 bits per heavy atom. The highest BCUT2D eigenvalue weighted by Crippen LogP contribution is 2.26. The number of esters is 1. The summed E-state index contributed by atoms with van der Waals surface area (Å²) in [5.74, 6) is -0.768. The lowest BCUT2D eigenvalue weighted by atomic mass is 10.2. The van der Waals surface area contributed by atoms with Crippen LogP contribution < -0.4 is 10.1 Å². The predicted octanol–water partition coefficient (Wildman–Crippen LogP) is 4.58. The normalized spacial score (nSPS) is 11.5. The summed E-state index contributed by atoms with van der Waals surface area (Å²) in [7, 11) is 0. The van der Waals surface area contributed by atoms with Gasteiger partial charge in [-0.05, 0) is 44.2 Å². The minimum absolute atomic E-state index is 0.254. The molecule has 0 aliphatic carbocycles. The number of hydrogen-bond donors (Lipinski definition) is 1. The molecule has 1 N–H and O–H groups in total. The SMILES string of the molecule is CCOc1ccccc1C(=O)O[C@H](C)C(=O)Nc1cc(Cl)ccc1Cl. The molecule has 0 aliphatic rings. The van der Waals surface area contributed by atoms with Crippen LogP contribution in [0.15, 0.2) is 42.5 Å². The number of benzene rings is 2. The van der Waals surface area contributed by atoms with Crippen molar-refractivity contribution in [3.05, 3.63) is 58.1 Å². The van der Waals surface area contributed by atoms with Crippen molar-refractivity contribution in [3.63, 3.8) is 0 Å². The minimum atomic E-state index is -1.03. The number of carbonyl (C=O) groups is 2. The first kappa shape index (κ1) is 19.1. The fourth-order valence-corrected chi connectivity index (χ4v) is 2.36. The maximum absolute atomic E-state index is 12.3. The number of halogens is 2. The predicted molar refractivity (Wildman–Crippen MR) is 97.6 cm³/mol. The van der Waals surface area contributed by atoms with Crippen molar-refractivity contribution in [3.8, 4) is 5.75 Å². The van der Waals surface area contributed by atoms with Gasteiger partial charge in [0.1, 0.15) is 11.3 Å². The van der Waals surface area contributed by atoms with Crippen LogP contribution in [0.1, 0.15) is 24.2 Å². The van der Waals surface area contributed by atoms with Crippen LogP contribution in [-0.2, 0) is 9.53 Å². The van der Waals surface area contributed by atoms with E-state index < -0.39 is 18.0 Å². The maximum atomic E-state index is 12.3. The van der Waals surface area contributed by atoms with Gasteiger partial charge in [-0.2, -0.15) is 0 Å². The van der Waals surface area contributed by atoms with Crippen molar-refractivity contribution in [2.24, 2.45) is 0 Å². The first-order chi connectivity index (χ1) is 11.9. The van der Waals surface area contributed by atoms with E-state index in [1.165, 1.54) is 13.0 Å². The molecular weight excluding hydrogens is 365 g/mol. The van der Waals surface area contributed by atoms with E-state index in [1.54, 1.807) is 36.4 Å². The zero-order chi connectivity index (χ0) is 18.4. The Morgan fingerprint density at radius 3 is 2.60 bits per heavy atom. The summed E-state index contributed by atoms with van der Waals surface area (Å²) in [6.07, 6.45) is -1.03. The number of carbonyl (C=O) groups excluding carboxylic acids is 2. The number of anilines is 1. The van der Waals surface area contributed by atoms with Crippen LogP contribution >= 0.6 is 23.2 Å². The molecule has 0 heterocycles. The highest BCUT2D eigenvalue weighted by atomic mass is 35.5. The molecule has 1 amide bonds. The van der Waals surface area contributed by atoms with Crippen LogP contribution in [0.25, 0.3) is 0 Å². The molecule has 7 heteroatoms. The Morgan fingerprint density at radius 1 is 1.16 bits per heavy atom. The van der Waals surface area contributed by atoms with Crippen LogP contribution in [0.4, 0.5) is 5.69 Å². The van der Waals surface area contributed by atoms with Gasteiger partial charge in [0.15, 0.2) is 6.10 Å². The van der Waals surface area contributed by atoms with Gasteiger partial charge in [0.25, 0.3) is 5.91 Å². The lowest BCUT2D eigenvalue weighted by molar-refractivity contribution is -0.123. The molecule has 0 saturated heterocycles. The quantitative estimate of drug-likeness (QED) is 0.743. The number of nitrogens with one attached hydrogen (secondary N) is 1. The Bertz CT molecular complexity index is 779. The molecule has 1 atom stereocenters. The summed E-state index contributed by atoms with van der Waals surface area (Å²) < 4.78 is 10.6. The summed E-state index contributed by atoms with van der Waals surface area (Å²) in [5.41, 5.74) is 0.599. The first-order valence-electron chi connectivity index (χ1n) is 7.61. The Kier molecular flexibility index (Phi) is 6.67.